The molecule has 0 aromatic heterocycles. The Morgan fingerprint density at radius 2 is 1.81 bits per heavy atom. The van der Waals surface area contributed by atoms with Gasteiger partial charge in [0.1, 0.15) is 17.5 Å². The molecule has 0 saturated heterocycles. The normalized spacial score (nSPS) is 22.7. The molecule has 5 nitrogen and oxygen atoms in total. The van der Waals surface area contributed by atoms with Crippen LogP contribution in [0.1, 0.15) is 30.7 Å². The molecule has 0 heterocycles. The number of benzene rings is 1. The van der Waals surface area contributed by atoms with Gasteiger partial charge < -0.3 is 5.11 Å². The van der Waals surface area contributed by atoms with E-state index in [0.717, 1.165) is 5.56 Å². The van der Waals surface area contributed by atoms with Gasteiger partial charge >= 0.3 is 5.97 Å². The fourth-order valence-corrected chi connectivity index (χ4v) is 2.46. The summed E-state index contributed by atoms with van der Waals surface area (Å²) in [6.45, 7) is 0.0918. The van der Waals surface area contributed by atoms with Gasteiger partial charge in [-0.1, -0.05) is 30.3 Å². The van der Waals surface area contributed by atoms with E-state index < -0.39 is 11.9 Å². The van der Waals surface area contributed by atoms with Gasteiger partial charge in [-0.15, -0.1) is 0 Å². The first-order chi connectivity index (χ1) is 10.1. The zero-order valence-corrected chi connectivity index (χ0v) is 11.6. The number of rotatable bonds is 5. The van der Waals surface area contributed by atoms with Gasteiger partial charge in [0.2, 0.25) is 0 Å². The number of aliphatic imine (C=N–C) groups is 1. The third-order valence-corrected chi connectivity index (χ3v) is 3.57. The molecule has 1 aromatic carbocycles. The number of carbonyl (C=O) groups is 3. The molecule has 0 amide bonds. The van der Waals surface area contributed by atoms with Gasteiger partial charge in [0, 0.05) is 25.6 Å². The Labute approximate surface area is 122 Å². The van der Waals surface area contributed by atoms with Crippen LogP contribution in [-0.2, 0) is 14.4 Å². The van der Waals surface area contributed by atoms with Gasteiger partial charge in [-0.05, 0) is 11.5 Å². The highest BCUT2D eigenvalue weighted by Crippen LogP contribution is 2.31. The first-order valence-corrected chi connectivity index (χ1v) is 6.90. The van der Waals surface area contributed by atoms with Crippen molar-refractivity contribution in [3.05, 3.63) is 35.9 Å². The molecule has 0 bridgehead atoms. The van der Waals surface area contributed by atoms with Crippen molar-refractivity contribution < 1.29 is 19.5 Å². The summed E-state index contributed by atoms with van der Waals surface area (Å²) in [5.74, 6) is -2.09. The number of carboxylic acids is 1. The number of hydrogen-bond donors (Lipinski definition) is 1. The van der Waals surface area contributed by atoms with Crippen LogP contribution in [-0.4, -0.2) is 35.4 Å². The molecule has 1 fully saturated rings. The van der Waals surface area contributed by atoms with E-state index in [2.05, 4.69) is 4.99 Å². The molecule has 21 heavy (non-hydrogen) atoms. The molecular formula is C16H17NO4. The second kappa shape index (κ2) is 6.92. The number of aliphatic carboxylic acids is 1. The van der Waals surface area contributed by atoms with E-state index in [0.29, 0.717) is 12.8 Å². The van der Waals surface area contributed by atoms with Crippen molar-refractivity contribution in [3.63, 3.8) is 0 Å². The van der Waals surface area contributed by atoms with Gasteiger partial charge in [0.15, 0.2) is 0 Å². The molecule has 1 aliphatic rings. The molecule has 0 radical (unpaired) electrons. The summed E-state index contributed by atoms with van der Waals surface area (Å²) in [4.78, 5) is 38.4. The van der Waals surface area contributed by atoms with Crippen molar-refractivity contribution in [3.8, 4) is 0 Å². The second-order valence-electron chi connectivity index (χ2n) is 5.13. The minimum atomic E-state index is -0.947. The van der Waals surface area contributed by atoms with Crippen LogP contribution in [0, 0.1) is 5.92 Å². The van der Waals surface area contributed by atoms with E-state index >= 15 is 0 Å². The van der Waals surface area contributed by atoms with Gasteiger partial charge in [0.05, 0.1) is 6.42 Å². The Bertz CT molecular complexity index is 547. The van der Waals surface area contributed by atoms with Crippen LogP contribution in [0.5, 0.6) is 0 Å². The minimum absolute atomic E-state index is 0.0603. The van der Waals surface area contributed by atoms with E-state index in [1.807, 2.05) is 30.3 Å². The van der Waals surface area contributed by atoms with E-state index in [9.17, 15) is 14.4 Å². The predicted octanol–water partition coefficient (Wildman–Crippen LogP) is 1.86. The monoisotopic (exact) mass is 287 g/mol. The average molecular weight is 287 g/mol. The summed E-state index contributed by atoms with van der Waals surface area (Å²) < 4.78 is 0. The first kappa shape index (κ1) is 15.1. The summed E-state index contributed by atoms with van der Waals surface area (Å²) in [5, 5.41) is 8.51. The average Bonchev–Trinajstić information content (AvgIpc) is 2.46. The van der Waals surface area contributed by atoms with Crippen LogP contribution in [0.25, 0.3) is 0 Å². The van der Waals surface area contributed by atoms with Gasteiger partial charge in [-0.25, -0.2) is 0 Å². The lowest BCUT2D eigenvalue weighted by molar-refractivity contribution is -0.137. The molecule has 1 saturated carbocycles. The molecule has 0 aliphatic heterocycles. The number of carboxylic acid groups (broad SMARTS) is 1. The molecule has 2 rings (SSSR count). The highest BCUT2D eigenvalue weighted by molar-refractivity contribution is 6.16. The number of hydrogen-bond acceptors (Lipinski definition) is 4. The van der Waals surface area contributed by atoms with Gasteiger partial charge in [-0.3, -0.25) is 19.4 Å². The van der Waals surface area contributed by atoms with Crippen molar-refractivity contribution in [2.24, 2.45) is 10.9 Å². The van der Waals surface area contributed by atoms with Crippen LogP contribution in [0.3, 0.4) is 0 Å². The molecule has 1 N–H and O–H groups in total. The van der Waals surface area contributed by atoms with Crippen molar-refractivity contribution in [2.45, 2.75) is 25.2 Å². The minimum Gasteiger partial charge on any atom is -0.481 e. The van der Waals surface area contributed by atoms with Crippen molar-refractivity contribution in [1.29, 1.82) is 0 Å². The standard InChI is InChI=1S/C16H17NO4/c18-14-8-12(11-4-2-1-3-5-11)9-15(19)13(14)10-17-7-6-16(20)21/h1-5,10,12-13H,6-9H2,(H,20,21). The maximum atomic E-state index is 12.1. The maximum Gasteiger partial charge on any atom is 0.305 e. The lowest BCUT2D eigenvalue weighted by Gasteiger charge is -2.24. The lowest BCUT2D eigenvalue weighted by Crippen LogP contribution is -2.33. The second-order valence-corrected chi connectivity index (χ2v) is 5.13. The van der Waals surface area contributed by atoms with Crippen LogP contribution < -0.4 is 0 Å². The maximum absolute atomic E-state index is 12.1. The summed E-state index contributed by atoms with van der Waals surface area (Å²) in [6, 6.07) is 9.53. The summed E-state index contributed by atoms with van der Waals surface area (Å²) >= 11 is 0. The molecule has 0 spiro atoms. The third-order valence-electron chi connectivity index (χ3n) is 3.57. The summed E-state index contributed by atoms with van der Waals surface area (Å²) in [5.41, 5.74) is 1.00. The summed E-state index contributed by atoms with van der Waals surface area (Å²) in [6.07, 6.45) is 1.86. The largest absolute Gasteiger partial charge is 0.481 e. The Balaban J connectivity index is 1.98. The first-order valence-electron chi connectivity index (χ1n) is 6.90. The fourth-order valence-electron chi connectivity index (χ4n) is 2.46. The van der Waals surface area contributed by atoms with Crippen molar-refractivity contribution in [1.82, 2.24) is 0 Å². The van der Waals surface area contributed by atoms with E-state index in [1.165, 1.54) is 6.21 Å². The fraction of sp³-hybridized carbons (Fsp3) is 0.375. The molecule has 0 atom stereocenters. The topological polar surface area (TPSA) is 83.8 Å². The highest BCUT2D eigenvalue weighted by atomic mass is 16.4. The number of Topliss-reactive ketones (excluding diaryl/α,β-unsaturated/α-hetero) is 2. The lowest BCUT2D eigenvalue weighted by atomic mass is 9.77. The predicted molar refractivity (Wildman–Crippen MR) is 77.5 cm³/mol. The number of ketones is 2. The van der Waals surface area contributed by atoms with Crippen LogP contribution in [0.15, 0.2) is 35.3 Å². The smallest absolute Gasteiger partial charge is 0.305 e. The van der Waals surface area contributed by atoms with Crippen LogP contribution in [0.4, 0.5) is 0 Å². The number of nitrogens with zero attached hydrogens (tertiary/aromatic N) is 1. The number of carbonyl (C=O) groups excluding carboxylic acids is 2. The highest BCUT2D eigenvalue weighted by Gasteiger charge is 2.34. The van der Waals surface area contributed by atoms with Crippen molar-refractivity contribution >= 4 is 23.8 Å². The quantitative estimate of drug-likeness (QED) is 0.662. The molecular weight excluding hydrogens is 270 g/mol. The zero-order chi connectivity index (χ0) is 15.2. The van der Waals surface area contributed by atoms with Gasteiger partial charge in [0.25, 0.3) is 0 Å². The summed E-state index contributed by atoms with van der Waals surface area (Å²) in [7, 11) is 0. The van der Waals surface area contributed by atoms with Crippen LogP contribution in [0.2, 0.25) is 0 Å². The third kappa shape index (κ3) is 4.08. The van der Waals surface area contributed by atoms with Crippen molar-refractivity contribution in [2.75, 3.05) is 6.54 Å². The Hall–Kier alpha value is -2.30. The van der Waals surface area contributed by atoms with Gasteiger partial charge in [-0.2, -0.15) is 0 Å². The van der Waals surface area contributed by atoms with E-state index in [1.54, 1.807) is 0 Å². The molecule has 0 unspecified atom stereocenters. The van der Waals surface area contributed by atoms with E-state index in [-0.39, 0.29) is 30.4 Å². The Kier molecular flexibility index (Phi) is 4.98. The zero-order valence-electron chi connectivity index (χ0n) is 11.6. The van der Waals surface area contributed by atoms with E-state index in [4.69, 9.17) is 5.11 Å². The molecule has 1 aromatic rings. The SMILES string of the molecule is O=C(O)CCN=CC1C(=O)CC(c2ccccc2)CC1=O. The Morgan fingerprint density at radius 1 is 1.19 bits per heavy atom. The molecule has 110 valence electrons. The molecule has 5 heteroatoms. The Morgan fingerprint density at radius 3 is 2.38 bits per heavy atom. The molecule has 1 aliphatic carbocycles. The van der Waals surface area contributed by atoms with Crippen LogP contribution >= 0.6 is 0 Å².